The van der Waals surface area contributed by atoms with Crippen LogP contribution in [-0.4, -0.2) is 26.5 Å². The zero-order chi connectivity index (χ0) is 11.4. The topological polar surface area (TPSA) is 43.4 Å². The number of hydrogen-bond donors (Lipinski definition) is 0. The van der Waals surface area contributed by atoms with Gasteiger partial charge in [0.2, 0.25) is 0 Å². The van der Waals surface area contributed by atoms with Crippen molar-refractivity contribution >= 4 is 9.84 Å². The maximum absolute atomic E-state index is 11.5. The van der Waals surface area contributed by atoms with Crippen LogP contribution < -0.4 is 0 Å². The molecular weight excluding hydrogens is 212 g/mol. The normalized spacial score (nSPS) is 30.5. The van der Waals surface area contributed by atoms with Crippen molar-refractivity contribution in [2.24, 2.45) is 5.41 Å². The lowest BCUT2D eigenvalue weighted by molar-refractivity contribution is 0.178. The highest BCUT2D eigenvalue weighted by Crippen LogP contribution is 2.34. The second-order valence-corrected chi connectivity index (χ2v) is 6.78. The maximum atomic E-state index is 11.5. The summed E-state index contributed by atoms with van der Waals surface area (Å²) in [5.74, 6) is 0.678. The highest BCUT2D eigenvalue weighted by atomic mass is 32.2. The summed E-state index contributed by atoms with van der Waals surface area (Å²) in [5.41, 5.74) is -0.0847. The Labute approximate surface area is 92.4 Å². The average Bonchev–Trinajstić information content (AvgIpc) is 2.10. The number of hydrogen-bond acceptors (Lipinski definition) is 3. The molecule has 0 aromatic heterocycles. The molecule has 88 valence electrons. The van der Waals surface area contributed by atoms with E-state index in [2.05, 4.69) is 0 Å². The van der Waals surface area contributed by atoms with E-state index < -0.39 is 9.84 Å². The van der Waals surface area contributed by atoms with Crippen LogP contribution in [0.15, 0.2) is 12.3 Å². The Morgan fingerprint density at radius 2 is 2.20 bits per heavy atom. The summed E-state index contributed by atoms with van der Waals surface area (Å²) in [4.78, 5) is 0. The molecule has 1 atom stereocenters. The molecule has 1 aliphatic heterocycles. The molecule has 0 radical (unpaired) electrons. The van der Waals surface area contributed by atoms with Gasteiger partial charge in [-0.25, -0.2) is 8.42 Å². The van der Waals surface area contributed by atoms with Gasteiger partial charge in [-0.15, -0.1) is 0 Å². The Hall–Kier alpha value is -0.510. The molecular formula is C11H20O3S. The minimum Gasteiger partial charge on any atom is -0.502 e. The summed E-state index contributed by atoms with van der Waals surface area (Å²) in [6.07, 6.45) is 6.09. The molecule has 0 bridgehead atoms. The summed E-state index contributed by atoms with van der Waals surface area (Å²) in [6, 6.07) is 0. The standard InChI is InChI=1S/C11H20O3S/c1-3-7-14-8-6-11(2)5-4-9-15(12,13)10-11/h3,7H,4-6,8-10H2,1-2H3/b7-3+. The van der Waals surface area contributed by atoms with Gasteiger partial charge < -0.3 is 4.74 Å². The van der Waals surface area contributed by atoms with Gasteiger partial charge in [0.1, 0.15) is 0 Å². The van der Waals surface area contributed by atoms with Crippen LogP contribution in [0.3, 0.4) is 0 Å². The molecule has 1 aliphatic rings. The SMILES string of the molecule is C/C=C/OCCC1(C)CCCS(=O)(=O)C1. The number of rotatable bonds is 4. The average molecular weight is 232 g/mol. The number of ether oxygens (including phenoxy) is 1. The highest BCUT2D eigenvalue weighted by molar-refractivity contribution is 7.91. The van der Waals surface area contributed by atoms with Gasteiger partial charge >= 0.3 is 0 Å². The van der Waals surface area contributed by atoms with E-state index in [1.807, 2.05) is 19.9 Å². The van der Waals surface area contributed by atoms with Crippen molar-refractivity contribution in [3.63, 3.8) is 0 Å². The van der Waals surface area contributed by atoms with Gasteiger partial charge in [-0.3, -0.25) is 0 Å². The van der Waals surface area contributed by atoms with E-state index in [1.54, 1.807) is 6.26 Å². The van der Waals surface area contributed by atoms with Crippen molar-refractivity contribution in [2.75, 3.05) is 18.1 Å². The zero-order valence-electron chi connectivity index (χ0n) is 9.53. The first-order chi connectivity index (χ1) is 6.97. The van der Waals surface area contributed by atoms with Crippen LogP contribution in [0.25, 0.3) is 0 Å². The Balaban J connectivity index is 2.44. The van der Waals surface area contributed by atoms with Crippen LogP contribution in [0, 0.1) is 5.41 Å². The van der Waals surface area contributed by atoms with E-state index in [0.29, 0.717) is 18.1 Å². The second-order valence-electron chi connectivity index (χ2n) is 4.60. The third-order valence-corrected chi connectivity index (χ3v) is 4.91. The minimum atomic E-state index is -2.81. The summed E-state index contributed by atoms with van der Waals surface area (Å²) < 4.78 is 28.2. The van der Waals surface area contributed by atoms with Crippen LogP contribution in [0.5, 0.6) is 0 Å². The molecule has 0 spiro atoms. The lowest BCUT2D eigenvalue weighted by Crippen LogP contribution is -2.34. The van der Waals surface area contributed by atoms with E-state index in [9.17, 15) is 8.42 Å². The van der Waals surface area contributed by atoms with Gasteiger partial charge in [0.25, 0.3) is 0 Å². The minimum absolute atomic E-state index is 0.0847. The van der Waals surface area contributed by atoms with Crippen LogP contribution >= 0.6 is 0 Å². The predicted octanol–water partition coefficient (Wildman–Crippen LogP) is 2.14. The molecule has 0 aromatic carbocycles. The molecule has 1 saturated heterocycles. The molecule has 15 heavy (non-hydrogen) atoms. The Morgan fingerprint density at radius 3 is 2.80 bits per heavy atom. The highest BCUT2D eigenvalue weighted by Gasteiger charge is 2.34. The molecule has 1 fully saturated rings. The van der Waals surface area contributed by atoms with Gasteiger partial charge in [0.05, 0.1) is 24.4 Å². The number of sulfone groups is 1. The van der Waals surface area contributed by atoms with Gasteiger partial charge in [-0.1, -0.05) is 13.0 Å². The first-order valence-electron chi connectivity index (χ1n) is 5.41. The molecule has 3 nitrogen and oxygen atoms in total. The predicted molar refractivity (Wildman–Crippen MR) is 61.4 cm³/mol. The van der Waals surface area contributed by atoms with Crippen molar-refractivity contribution in [1.82, 2.24) is 0 Å². The van der Waals surface area contributed by atoms with Crippen molar-refractivity contribution in [3.8, 4) is 0 Å². The van der Waals surface area contributed by atoms with Gasteiger partial charge in [-0.05, 0) is 31.6 Å². The first-order valence-corrected chi connectivity index (χ1v) is 7.23. The van der Waals surface area contributed by atoms with Crippen LogP contribution in [0.4, 0.5) is 0 Å². The molecule has 1 rings (SSSR count). The lowest BCUT2D eigenvalue weighted by atomic mass is 9.84. The van der Waals surface area contributed by atoms with Crippen molar-refractivity contribution in [3.05, 3.63) is 12.3 Å². The monoisotopic (exact) mass is 232 g/mol. The van der Waals surface area contributed by atoms with E-state index >= 15 is 0 Å². The third-order valence-electron chi connectivity index (χ3n) is 2.86. The van der Waals surface area contributed by atoms with Gasteiger partial charge in [0, 0.05) is 0 Å². The lowest BCUT2D eigenvalue weighted by Gasteiger charge is -2.32. The molecule has 0 aromatic rings. The van der Waals surface area contributed by atoms with Gasteiger partial charge in [-0.2, -0.15) is 0 Å². The second kappa shape index (κ2) is 5.01. The Morgan fingerprint density at radius 1 is 1.47 bits per heavy atom. The van der Waals surface area contributed by atoms with Crippen LogP contribution in [0.1, 0.15) is 33.1 Å². The fourth-order valence-corrected chi connectivity index (χ4v) is 4.14. The van der Waals surface area contributed by atoms with Crippen LogP contribution in [0.2, 0.25) is 0 Å². The van der Waals surface area contributed by atoms with Crippen molar-refractivity contribution in [1.29, 1.82) is 0 Å². The van der Waals surface area contributed by atoms with E-state index in [0.717, 1.165) is 19.3 Å². The Kier molecular flexibility index (Phi) is 4.20. The molecule has 4 heteroatoms. The quantitative estimate of drug-likeness (QED) is 0.551. The Bertz CT molecular complexity index is 319. The van der Waals surface area contributed by atoms with Gasteiger partial charge in [0.15, 0.2) is 9.84 Å². The van der Waals surface area contributed by atoms with Crippen molar-refractivity contribution in [2.45, 2.75) is 33.1 Å². The summed E-state index contributed by atoms with van der Waals surface area (Å²) in [6.45, 7) is 4.55. The largest absolute Gasteiger partial charge is 0.502 e. The molecule has 0 N–H and O–H groups in total. The molecule has 0 aliphatic carbocycles. The summed E-state index contributed by atoms with van der Waals surface area (Å²) >= 11 is 0. The molecule has 0 saturated carbocycles. The summed E-state index contributed by atoms with van der Waals surface area (Å²) in [7, 11) is -2.81. The van der Waals surface area contributed by atoms with E-state index in [-0.39, 0.29) is 5.41 Å². The van der Waals surface area contributed by atoms with E-state index in [4.69, 9.17) is 4.74 Å². The molecule has 1 unspecified atom stereocenters. The fourth-order valence-electron chi connectivity index (χ4n) is 2.06. The fraction of sp³-hybridized carbons (Fsp3) is 0.818. The first kappa shape index (κ1) is 12.6. The summed E-state index contributed by atoms with van der Waals surface area (Å²) in [5, 5.41) is 0. The maximum Gasteiger partial charge on any atom is 0.150 e. The smallest absolute Gasteiger partial charge is 0.150 e. The third kappa shape index (κ3) is 4.24. The van der Waals surface area contributed by atoms with Crippen molar-refractivity contribution < 1.29 is 13.2 Å². The number of allylic oxidation sites excluding steroid dienone is 1. The molecule has 0 amide bonds. The molecule has 1 heterocycles. The van der Waals surface area contributed by atoms with Crippen LogP contribution in [-0.2, 0) is 14.6 Å². The van der Waals surface area contributed by atoms with E-state index in [1.165, 1.54) is 0 Å². The zero-order valence-corrected chi connectivity index (χ0v) is 10.3.